The van der Waals surface area contributed by atoms with Crippen LogP contribution in [0.1, 0.15) is 17.0 Å². The Morgan fingerprint density at radius 1 is 1.28 bits per heavy atom. The number of amidine groups is 2. The predicted molar refractivity (Wildman–Crippen MR) is 92.1 cm³/mol. The van der Waals surface area contributed by atoms with Crippen LogP contribution in [0.4, 0.5) is 10.1 Å². The monoisotopic (exact) mass is 338 g/mol. The van der Waals surface area contributed by atoms with E-state index in [0.717, 1.165) is 6.20 Å². The summed E-state index contributed by atoms with van der Waals surface area (Å²) in [6.07, 6.45) is 5.70. The number of halogens is 1. The first-order valence-electron chi connectivity index (χ1n) is 7.41. The van der Waals surface area contributed by atoms with Crippen molar-refractivity contribution < 1.29 is 9.50 Å². The van der Waals surface area contributed by atoms with Gasteiger partial charge in [0.25, 0.3) is 0 Å². The van der Waals surface area contributed by atoms with Gasteiger partial charge in [-0.25, -0.2) is 9.38 Å². The Hall–Kier alpha value is -3.39. The summed E-state index contributed by atoms with van der Waals surface area (Å²) in [4.78, 5) is 15.0. The lowest BCUT2D eigenvalue weighted by atomic mass is 10.2. The summed E-state index contributed by atoms with van der Waals surface area (Å²) in [6.45, 7) is -0.227. The van der Waals surface area contributed by atoms with Crippen LogP contribution in [0.3, 0.4) is 0 Å². The van der Waals surface area contributed by atoms with Gasteiger partial charge in [0.2, 0.25) is 0 Å². The number of H-pyrrole nitrogens is 1. The third-order valence-corrected chi connectivity index (χ3v) is 3.40. The highest BCUT2D eigenvalue weighted by atomic mass is 19.1. The molecule has 0 saturated heterocycles. The van der Waals surface area contributed by atoms with Crippen LogP contribution in [-0.4, -0.2) is 31.7 Å². The lowest BCUT2D eigenvalue weighted by Crippen LogP contribution is -2.19. The van der Waals surface area contributed by atoms with Gasteiger partial charge in [-0.2, -0.15) is 0 Å². The van der Waals surface area contributed by atoms with Gasteiger partial charge in [0.15, 0.2) is 17.5 Å². The third-order valence-electron chi connectivity index (χ3n) is 3.40. The molecule has 4 N–H and O–H groups in total. The van der Waals surface area contributed by atoms with E-state index in [4.69, 9.17) is 5.41 Å². The summed E-state index contributed by atoms with van der Waals surface area (Å²) in [5.74, 6) is -0.470. The minimum atomic E-state index is -0.559. The Morgan fingerprint density at radius 3 is 2.88 bits per heavy atom. The molecular weight excluding hydrogens is 323 g/mol. The lowest BCUT2D eigenvalue weighted by Gasteiger charge is -2.11. The highest BCUT2D eigenvalue weighted by molar-refractivity contribution is 6.15. The first-order valence-corrected chi connectivity index (χ1v) is 7.41. The zero-order chi connectivity index (χ0) is 17.6. The standard InChI is InChI=1S/C17H15FN6O/c18-12-9-20-7-5-13(12)23-17(15-11(10-25)4-8-22-15)24-16(19)14-3-1-2-6-21-14/h1-9,22,25H,10H2,(H2,19,20,23,24). The Labute approximate surface area is 142 Å². The number of pyridine rings is 2. The van der Waals surface area contributed by atoms with Gasteiger partial charge < -0.3 is 15.4 Å². The molecule has 0 aliphatic heterocycles. The van der Waals surface area contributed by atoms with Crippen LogP contribution in [0.25, 0.3) is 0 Å². The highest BCUT2D eigenvalue weighted by Crippen LogP contribution is 2.16. The van der Waals surface area contributed by atoms with Crippen molar-refractivity contribution >= 4 is 17.4 Å². The fourth-order valence-electron chi connectivity index (χ4n) is 2.18. The molecule has 25 heavy (non-hydrogen) atoms. The SMILES string of the molecule is N=C(/N=C(/Nc1ccncc1F)c1[nH]ccc1CO)c1ccccn1. The van der Waals surface area contributed by atoms with E-state index in [2.05, 4.69) is 25.3 Å². The molecule has 7 nitrogen and oxygen atoms in total. The first kappa shape index (κ1) is 16.5. The van der Waals surface area contributed by atoms with Crippen LogP contribution < -0.4 is 5.32 Å². The molecular formula is C17H15FN6O. The normalized spacial score (nSPS) is 11.4. The highest BCUT2D eigenvalue weighted by Gasteiger charge is 2.14. The fourth-order valence-corrected chi connectivity index (χ4v) is 2.18. The molecule has 0 aliphatic rings. The summed E-state index contributed by atoms with van der Waals surface area (Å²) >= 11 is 0. The van der Waals surface area contributed by atoms with Gasteiger partial charge in [0.05, 0.1) is 24.2 Å². The van der Waals surface area contributed by atoms with E-state index in [-0.39, 0.29) is 24.0 Å². The molecule has 8 heteroatoms. The van der Waals surface area contributed by atoms with Gasteiger partial charge >= 0.3 is 0 Å². The van der Waals surface area contributed by atoms with Crippen molar-refractivity contribution in [1.82, 2.24) is 15.0 Å². The van der Waals surface area contributed by atoms with Crippen molar-refractivity contribution in [3.05, 3.63) is 77.9 Å². The Kier molecular flexibility index (Phi) is 4.91. The second-order valence-electron chi connectivity index (χ2n) is 5.04. The molecule has 3 aromatic rings. The molecule has 0 unspecified atom stereocenters. The molecule has 3 rings (SSSR count). The van der Waals surface area contributed by atoms with Gasteiger partial charge in [0, 0.05) is 24.2 Å². The second kappa shape index (κ2) is 7.45. The second-order valence-corrected chi connectivity index (χ2v) is 5.04. The average molecular weight is 338 g/mol. The number of nitrogens with zero attached hydrogens (tertiary/aromatic N) is 3. The molecule has 0 saturated carbocycles. The number of nitrogens with one attached hydrogen (secondary N) is 3. The quantitative estimate of drug-likeness (QED) is 0.432. The zero-order valence-corrected chi connectivity index (χ0v) is 13.1. The average Bonchev–Trinajstić information content (AvgIpc) is 3.12. The smallest absolute Gasteiger partial charge is 0.172 e. The minimum absolute atomic E-state index is 0.101. The molecule has 0 spiro atoms. The van der Waals surface area contributed by atoms with Gasteiger partial charge in [-0.1, -0.05) is 6.07 Å². The van der Waals surface area contributed by atoms with Crippen molar-refractivity contribution in [2.24, 2.45) is 4.99 Å². The number of aliphatic imine (C=N–C) groups is 1. The van der Waals surface area contributed by atoms with E-state index < -0.39 is 5.82 Å². The van der Waals surface area contributed by atoms with Gasteiger partial charge in [-0.3, -0.25) is 15.4 Å². The number of aliphatic hydroxyl groups excluding tert-OH is 1. The molecule has 0 bridgehead atoms. The number of aromatic amines is 1. The molecule has 126 valence electrons. The van der Waals surface area contributed by atoms with Gasteiger partial charge in [-0.05, 0) is 24.3 Å². The number of rotatable bonds is 4. The molecule has 3 aromatic heterocycles. The number of anilines is 1. The zero-order valence-electron chi connectivity index (χ0n) is 13.1. The van der Waals surface area contributed by atoms with E-state index in [0.29, 0.717) is 17.0 Å². The fraction of sp³-hybridized carbons (Fsp3) is 0.0588. The number of aliphatic hydroxyl groups is 1. The summed E-state index contributed by atoms with van der Waals surface area (Å²) in [5, 5.41) is 20.5. The summed E-state index contributed by atoms with van der Waals surface area (Å²) < 4.78 is 13.9. The minimum Gasteiger partial charge on any atom is -0.392 e. The first-order chi connectivity index (χ1) is 12.2. The molecule has 0 aromatic carbocycles. The van der Waals surface area contributed by atoms with Crippen LogP contribution in [0.5, 0.6) is 0 Å². The van der Waals surface area contributed by atoms with E-state index in [1.54, 1.807) is 36.7 Å². The molecule has 3 heterocycles. The number of hydrogen-bond donors (Lipinski definition) is 4. The largest absolute Gasteiger partial charge is 0.392 e. The third kappa shape index (κ3) is 3.75. The summed E-state index contributed by atoms with van der Waals surface area (Å²) in [7, 11) is 0. The van der Waals surface area contributed by atoms with Crippen LogP contribution in [0.2, 0.25) is 0 Å². The molecule has 0 aliphatic carbocycles. The molecule has 0 fully saturated rings. The molecule has 0 radical (unpaired) electrons. The number of hydrogen-bond acceptors (Lipinski definition) is 4. The van der Waals surface area contributed by atoms with Crippen LogP contribution in [0.15, 0.2) is 60.1 Å². The maximum absolute atomic E-state index is 13.9. The van der Waals surface area contributed by atoms with Gasteiger partial charge in [-0.15, -0.1) is 0 Å². The van der Waals surface area contributed by atoms with Crippen molar-refractivity contribution in [3.8, 4) is 0 Å². The maximum atomic E-state index is 13.9. The summed E-state index contributed by atoms with van der Waals surface area (Å²) in [5.41, 5.74) is 1.55. The van der Waals surface area contributed by atoms with Crippen molar-refractivity contribution in [2.45, 2.75) is 6.61 Å². The van der Waals surface area contributed by atoms with Crippen LogP contribution in [0, 0.1) is 11.2 Å². The Morgan fingerprint density at radius 2 is 2.16 bits per heavy atom. The molecule has 0 atom stereocenters. The predicted octanol–water partition coefficient (Wildman–Crippen LogP) is 2.32. The van der Waals surface area contributed by atoms with E-state index >= 15 is 0 Å². The lowest BCUT2D eigenvalue weighted by molar-refractivity contribution is 0.282. The van der Waals surface area contributed by atoms with Gasteiger partial charge in [0.1, 0.15) is 5.69 Å². The van der Waals surface area contributed by atoms with Crippen LogP contribution in [-0.2, 0) is 6.61 Å². The van der Waals surface area contributed by atoms with Crippen molar-refractivity contribution in [1.29, 1.82) is 5.41 Å². The number of aromatic nitrogens is 3. The maximum Gasteiger partial charge on any atom is 0.172 e. The van der Waals surface area contributed by atoms with E-state index in [1.807, 2.05) is 0 Å². The topological polar surface area (TPSA) is 110 Å². The van der Waals surface area contributed by atoms with E-state index in [1.165, 1.54) is 12.3 Å². The molecule has 0 amide bonds. The summed E-state index contributed by atoms with van der Waals surface area (Å²) in [6, 6.07) is 8.27. The van der Waals surface area contributed by atoms with Crippen molar-refractivity contribution in [2.75, 3.05) is 5.32 Å². The Balaban J connectivity index is 2.01. The van der Waals surface area contributed by atoms with Crippen LogP contribution >= 0.6 is 0 Å². The Bertz CT molecular complexity index is 906. The van der Waals surface area contributed by atoms with Crippen molar-refractivity contribution in [3.63, 3.8) is 0 Å². The van der Waals surface area contributed by atoms with E-state index in [9.17, 15) is 9.50 Å².